The largest absolute Gasteiger partial charge is 0.343 e. The van der Waals surface area contributed by atoms with E-state index in [0.717, 1.165) is 24.4 Å². The number of aryl methyl sites for hydroxylation is 1. The van der Waals surface area contributed by atoms with Crippen LogP contribution in [0.4, 0.5) is 17.6 Å². The molecule has 0 fully saturated rings. The Hall–Kier alpha value is -4.06. The van der Waals surface area contributed by atoms with Gasteiger partial charge >= 0.3 is 0 Å². The lowest BCUT2D eigenvalue weighted by atomic mass is 9.99. The average Bonchev–Trinajstić information content (AvgIpc) is 3.49. The van der Waals surface area contributed by atoms with Crippen molar-refractivity contribution in [1.29, 1.82) is 0 Å². The van der Waals surface area contributed by atoms with E-state index in [9.17, 15) is 17.2 Å². The molecule has 5 aromatic rings. The Morgan fingerprint density at radius 3 is 2.54 bits per heavy atom. The molecule has 3 heterocycles. The number of imidazole rings is 1. The Kier molecular flexibility index (Phi) is 5.39. The van der Waals surface area contributed by atoms with Gasteiger partial charge in [-0.15, -0.1) is 0 Å². The van der Waals surface area contributed by atoms with Gasteiger partial charge < -0.3 is 4.98 Å². The van der Waals surface area contributed by atoms with Gasteiger partial charge in [0.1, 0.15) is 28.7 Å². The van der Waals surface area contributed by atoms with Crippen molar-refractivity contribution in [2.75, 3.05) is 0 Å². The summed E-state index contributed by atoms with van der Waals surface area (Å²) in [6.45, 7) is 1.37. The minimum absolute atomic E-state index is 0.0246. The number of aromatic amines is 2. The lowest BCUT2D eigenvalue weighted by Crippen LogP contribution is -2.10. The maximum Gasteiger partial charge on any atom is 0.184 e. The van der Waals surface area contributed by atoms with Gasteiger partial charge in [0.05, 0.1) is 28.1 Å². The van der Waals surface area contributed by atoms with E-state index in [2.05, 4.69) is 25.1 Å². The predicted octanol–water partition coefficient (Wildman–Crippen LogP) is 4.85. The molecule has 0 saturated heterocycles. The van der Waals surface area contributed by atoms with Crippen molar-refractivity contribution in [1.82, 2.24) is 25.1 Å². The smallest absolute Gasteiger partial charge is 0.184 e. The number of fused-ring (bicyclic) bond motifs is 1. The number of nitrogens with zero attached hydrogens (tertiary/aromatic N) is 3. The SMILES string of the molecule is Cc1ncc(F)cc1S(=O)(=O)Cc1ccc(F)c(-c2ccc3c(-c4ncc[nH]4)[nH]nc3c2F)c1F. The fourth-order valence-electron chi connectivity index (χ4n) is 3.86. The van der Waals surface area contributed by atoms with E-state index in [-0.39, 0.29) is 11.2 Å². The average molecular weight is 501 g/mol. The first kappa shape index (κ1) is 22.7. The van der Waals surface area contributed by atoms with Crippen LogP contribution >= 0.6 is 0 Å². The Morgan fingerprint density at radius 2 is 1.80 bits per heavy atom. The van der Waals surface area contributed by atoms with Crippen molar-refractivity contribution in [3.8, 4) is 22.6 Å². The third-order valence-corrected chi connectivity index (χ3v) is 7.30. The fraction of sp³-hybridized carbons (Fsp3) is 0.0870. The molecular formula is C23H15F4N5O2S. The van der Waals surface area contributed by atoms with Crippen LogP contribution in [-0.2, 0) is 15.6 Å². The van der Waals surface area contributed by atoms with Crippen molar-refractivity contribution < 1.29 is 26.0 Å². The molecule has 0 atom stereocenters. The van der Waals surface area contributed by atoms with Gasteiger partial charge in [-0.25, -0.2) is 31.0 Å². The molecule has 0 radical (unpaired) electrons. The van der Waals surface area contributed by atoms with E-state index < -0.39 is 60.4 Å². The molecule has 7 nitrogen and oxygen atoms in total. The Labute approximate surface area is 195 Å². The quantitative estimate of drug-likeness (QED) is 0.335. The van der Waals surface area contributed by atoms with Crippen LogP contribution in [0.25, 0.3) is 33.5 Å². The number of halogens is 4. The normalized spacial score (nSPS) is 11.9. The fourth-order valence-corrected chi connectivity index (χ4v) is 5.45. The molecule has 0 bridgehead atoms. The first-order valence-electron chi connectivity index (χ1n) is 10.2. The molecule has 0 saturated carbocycles. The topological polar surface area (TPSA) is 104 Å². The van der Waals surface area contributed by atoms with E-state index in [1.165, 1.54) is 25.3 Å². The molecule has 0 aliphatic heterocycles. The first-order chi connectivity index (χ1) is 16.7. The molecule has 0 aliphatic carbocycles. The second-order valence-electron chi connectivity index (χ2n) is 7.75. The summed E-state index contributed by atoms with van der Waals surface area (Å²) in [4.78, 5) is 10.2. The van der Waals surface area contributed by atoms with Gasteiger partial charge in [0.25, 0.3) is 0 Å². The van der Waals surface area contributed by atoms with Crippen LogP contribution in [0.2, 0.25) is 0 Å². The number of nitrogens with one attached hydrogen (secondary N) is 2. The zero-order valence-electron chi connectivity index (χ0n) is 17.9. The van der Waals surface area contributed by atoms with Crippen LogP contribution in [0.3, 0.4) is 0 Å². The number of benzene rings is 2. The van der Waals surface area contributed by atoms with Crippen molar-refractivity contribution in [2.45, 2.75) is 17.6 Å². The highest BCUT2D eigenvalue weighted by molar-refractivity contribution is 7.90. The third kappa shape index (κ3) is 3.85. The minimum atomic E-state index is -4.25. The highest BCUT2D eigenvalue weighted by Gasteiger charge is 2.26. The number of rotatable bonds is 5. The first-order valence-corrected chi connectivity index (χ1v) is 11.8. The summed E-state index contributed by atoms with van der Waals surface area (Å²) < 4.78 is 84.9. The van der Waals surface area contributed by atoms with Gasteiger partial charge in [-0.1, -0.05) is 12.1 Å². The molecule has 0 unspecified atom stereocenters. The van der Waals surface area contributed by atoms with E-state index >= 15 is 8.78 Å². The maximum absolute atomic E-state index is 15.4. The zero-order chi connectivity index (χ0) is 24.9. The molecule has 3 aromatic heterocycles. The van der Waals surface area contributed by atoms with Crippen molar-refractivity contribution >= 4 is 20.7 Å². The number of hydrogen-bond acceptors (Lipinski definition) is 5. The van der Waals surface area contributed by atoms with Crippen LogP contribution in [0.15, 0.2) is 53.8 Å². The van der Waals surface area contributed by atoms with Crippen molar-refractivity contribution in [3.05, 3.63) is 83.4 Å². The standard InChI is InChI=1S/C23H15F4N5O2S/c1-11-17(8-13(24)9-30-11)35(33,34)10-12-2-5-16(25)18(19(12)26)14-3-4-15-21(20(14)27)31-32-22(15)23-28-6-7-29-23/h2-9H,10H2,1H3,(H,28,29)(H,31,32). The van der Waals surface area contributed by atoms with Crippen molar-refractivity contribution in [3.63, 3.8) is 0 Å². The molecule has 0 amide bonds. The van der Waals surface area contributed by atoms with Crippen LogP contribution < -0.4 is 0 Å². The number of aromatic nitrogens is 5. The van der Waals surface area contributed by atoms with Crippen LogP contribution in [0.1, 0.15) is 11.3 Å². The van der Waals surface area contributed by atoms with Gasteiger partial charge in [-0.05, 0) is 25.1 Å². The zero-order valence-corrected chi connectivity index (χ0v) is 18.7. The lowest BCUT2D eigenvalue weighted by Gasteiger charge is -2.12. The summed E-state index contributed by atoms with van der Waals surface area (Å²) in [5.41, 5.74) is -1.36. The lowest BCUT2D eigenvalue weighted by molar-refractivity contribution is 0.569. The van der Waals surface area contributed by atoms with Gasteiger partial charge in [0, 0.05) is 28.9 Å². The van der Waals surface area contributed by atoms with Crippen LogP contribution in [0, 0.1) is 30.2 Å². The third-order valence-electron chi connectivity index (χ3n) is 5.53. The summed E-state index contributed by atoms with van der Waals surface area (Å²) in [6.07, 6.45) is 3.92. The summed E-state index contributed by atoms with van der Waals surface area (Å²) in [7, 11) is -4.25. The summed E-state index contributed by atoms with van der Waals surface area (Å²) in [5.74, 6) is -4.74. The number of sulfone groups is 1. The van der Waals surface area contributed by atoms with E-state index in [1.54, 1.807) is 6.20 Å². The van der Waals surface area contributed by atoms with Gasteiger partial charge in [-0.3, -0.25) is 10.1 Å². The van der Waals surface area contributed by atoms with Crippen LogP contribution in [0.5, 0.6) is 0 Å². The monoisotopic (exact) mass is 501 g/mol. The Balaban J connectivity index is 1.60. The van der Waals surface area contributed by atoms with Crippen LogP contribution in [-0.4, -0.2) is 33.6 Å². The predicted molar refractivity (Wildman–Crippen MR) is 119 cm³/mol. The van der Waals surface area contributed by atoms with E-state index in [1.807, 2.05) is 0 Å². The summed E-state index contributed by atoms with van der Waals surface area (Å²) in [6, 6.07) is 5.19. The van der Waals surface area contributed by atoms with Gasteiger partial charge in [-0.2, -0.15) is 5.10 Å². The van der Waals surface area contributed by atoms with Crippen molar-refractivity contribution in [2.24, 2.45) is 0 Å². The molecule has 12 heteroatoms. The Morgan fingerprint density at radius 1 is 1.00 bits per heavy atom. The summed E-state index contributed by atoms with van der Waals surface area (Å²) in [5, 5.41) is 6.89. The number of pyridine rings is 1. The Bertz CT molecular complexity index is 1700. The number of H-pyrrole nitrogens is 2. The molecule has 35 heavy (non-hydrogen) atoms. The highest BCUT2D eigenvalue weighted by Crippen LogP contribution is 2.36. The second-order valence-corrected chi connectivity index (χ2v) is 9.71. The minimum Gasteiger partial charge on any atom is -0.343 e. The highest BCUT2D eigenvalue weighted by atomic mass is 32.2. The molecule has 0 spiro atoms. The molecular weight excluding hydrogens is 486 g/mol. The molecule has 2 N–H and O–H groups in total. The molecule has 178 valence electrons. The maximum atomic E-state index is 15.4. The molecule has 5 rings (SSSR count). The van der Waals surface area contributed by atoms with Gasteiger partial charge in [0.2, 0.25) is 0 Å². The van der Waals surface area contributed by atoms with E-state index in [0.29, 0.717) is 16.9 Å². The number of hydrogen-bond donors (Lipinski definition) is 2. The molecule has 2 aromatic carbocycles. The summed E-state index contributed by atoms with van der Waals surface area (Å²) >= 11 is 0. The second kappa shape index (κ2) is 8.31. The van der Waals surface area contributed by atoms with Gasteiger partial charge in [0.15, 0.2) is 21.5 Å². The van der Waals surface area contributed by atoms with E-state index in [4.69, 9.17) is 0 Å². The molecule has 0 aliphatic rings.